The fourth-order valence-corrected chi connectivity index (χ4v) is 16.8. The number of anilines is 10. The number of nitrogens with zero attached hydrogens (tertiary/aromatic N) is 4. The van der Waals surface area contributed by atoms with Crippen molar-refractivity contribution in [3.8, 4) is 11.1 Å². The Kier molecular flexibility index (Phi) is 11.8. The molecule has 4 aliphatic heterocycles. The summed E-state index contributed by atoms with van der Waals surface area (Å²) in [7, 11) is 0. The minimum atomic E-state index is -0.154. The van der Waals surface area contributed by atoms with Crippen LogP contribution in [0, 0.1) is 0 Å². The molecule has 5 heteroatoms. The predicted octanol–water partition coefficient (Wildman–Crippen LogP) is 19.2. The minimum absolute atomic E-state index is 0.0000139. The van der Waals surface area contributed by atoms with Crippen molar-refractivity contribution in [2.24, 2.45) is 0 Å². The summed E-state index contributed by atoms with van der Waals surface area (Å²) in [5.74, 6) is 0. The van der Waals surface area contributed by atoms with Crippen LogP contribution in [0.4, 0.5) is 56.9 Å². The van der Waals surface area contributed by atoms with Gasteiger partial charge in [-0.3, -0.25) is 0 Å². The van der Waals surface area contributed by atoms with Crippen molar-refractivity contribution in [1.82, 2.24) is 0 Å². The van der Waals surface area contributed by atoms with Crippen LogP contribution >= 0.6 is 0 Å². The van der Waals surface area contributed by atoms with Crippen LogP contribution in [0.3, 0.4) is 0 Å². The first kappa shape index (κ1) is 53.1. The fraction of sp³-hybridized carbons (Fsp3) is 0.377. The first-order valence-corrected chi connectivity index (χ1v) is 31.2. The minimum Gasteiger partial charge on any atom is -0.334 e. The Bertz CT molecular complexity index is 3860. The molecule has 416 valence electrons. The molecule has 2 saturated carbocycles. The second-order valence-electron chi connectivity index (χ2n) is 29.6. The molecule has 0 bridgehead atoms. The van der Waals surface area contributed by atoms with Gasteiger partial charge in [-0.15, -0.1) is 0 Å². The number of fused-ring (bicyclic) bond motifs is 10. The Labute approximate surface area is 491 Å². The highest BCUT2D eigenvalue weighted by atomic mass is 15.3. The van der Waals surface area contributed by atoms with Gasteiger partial charge in [-0.1, -0.05) is 211 Å². The molecule has 0 radical (unpaired) electrons. The van der Waals surface area contributed by atoms with Gasteiger partial charge < -0.3 is 19.6 Å². The molecule has 8 aromatic carbocycles. The molecule has 0 N–H and O–H groups in total. The van der Waals surface area contributed by atoms with Crippen LogP contribution in [-0.2, 0) is 27.1 Å². The van der Waals surface area contributed by atoms with Gasteiger partial charge in [-0.2, -0.15) is 0 Å². The van der Waals surface area contributed by atoms with Crippen LogP contribution in [0.2, 0.25) is 0 Å². The molecule has 82 heavy (non-hydrogen) atoms. The first-order chi connectivity index (χ1) is 39.0. The molecule has 0 saturated heterocycles. The maximum atomic E-state index is 2.83. The van der Waals surface area contributed by atoms with Crippen LogP contribution in [0.15, 0.2) is 170 Å². The summed E-state index contributed by atoms with van der Waals surface area (Å²) in [5.41, 5.74) is 25.8. The van der Waals surface area contributed by atoms with E-state index in [1.54, 1.807) is 0 Å². The van der Waals surface area contributed by atoms with Crippen molar-refractivity contribution in [3.05, 3.63) is 198 Å². The summed E-state index contributed by atoms with van der Waals surface area (Å²) in [5, 5.41) is 0. The summed E-state index contributed by atoms with van der Waals surface area (Å²) in [6.45, 7) is 31.5. The third-order valence-electron chi connectivity index (χ3n) is 21.9. The lowest BCUT2D eigenvalue weighted by molar-refractivity contribution is 0.195. The second-order valence-corrected chi connectivity index (χ2v) is 29.6. The molecule has 4 nitrogen and oxygen atoms in total. The molecule has 8 aromatic rings. The number of hydrogen-bond donors (Lipinski definition) is 0. The van der Waals surface area contributed by atoms with Gasteiger partial charge in [0.15, 0.2) is 0 Å². The maximum Gasteiger partial charge on any atom is 0.252 e. The van der Waals surface area contributed by atoms with Gasteiger partial charge in [0, 0.05) is 67.6 Å². The predicted molar refractivity (Wildman–Crippen MR) is 352 cm³/mol. The molecule has 0 spiro atoms. The molecule has 0 aromatic heterocycles. The maximum absolute atomic E-state index is 2.83. The van der Waals surface area contributed by atoms with E-state index in [-0.39, 0.29) is 44.9 Å². The zero-order valence-electron chi connectivity index (χ0n) is 51.4. The smallest absolute Gasteiger partial charge is 0.252 e. The number of rotatable bonds is 5. The third-order valence-corrected chi connectivity index (χ3v) is 21.9. The molecule has 14 rings (SSSR count). The topological polar surface area (TPSA) is 13.0 Å². The molecule has 4 atom stereocenters. The van der Waals surface area contributed by atoms with Crippen molar-refractivity contribution in [3.63, 3.8) is 0 Å². The van der Waals surface area contributed by atoms with Crippen LogP contribution in [0.25, 0.3) is 11.1 Å². The van der Waals surface area contributed by atoms with E-state index in [0.29, 0.717) is 0 Å². The van der Waals surface area contributed by atoms with Gasteiger partial charge in [0.25, 0.3) is 6.71 Å². The summed E-state index contributed by atoms with van der Waals surface area (Å²) in [6.07, 6.45) is 10.9. The molecule has 2 aliphatic carbocycles. The third kappa shape index (κ3) is 7.62. The molecular weight excluding hydrogens is 992 g/mol. The SMILES string of the molecule is CC(C)(C)c1ccc(N2c3cc(N4c5ccccc5C5(C)CCCCCC45C)ccc3B3c4ccc(C(C)(C)C)cc4N(c4ccc(C(C)(C)C)cc4-c4ccccc4)c4cc(N5c6ccccc6C6(C)CCCCC56C)cc2c43)cc1. The Morgan fingerprint density at radius 1 is 0.354 bits per heavy atom. The van der Waals surface area contributed by atoms with Crippen molar-refractivity contribution in [1.29, 1.82) is 0 Å². The highest BCUT2D eigenvalue weighted by Gasteiger charge is 2.59. The van der Waals surface area contributed by atoms with E-state index in [2.05, 4.69) is 279 Å². The van der Waals surface area contributed by atoms with E-state index in [0.717, 1.165) is 12.8 Å². The molecule has 6 aliphatic rings. The van der Waals surface area contributed by atoms with Crippen molar-refractivity contribution < 1.29 is 0 Å². The van der Waals surface area contributed by atoms with Crippen LogP contribution in [0.5, 0.6) is 0 Å². The highest BCUT2D eigenvalue weighted by molar-refractivity contribution is 7.00. The van der Waals surface area contributed by atoms with E-state index < -0.39 is 0 Å². The van der Waals surface area contributed by atoms with Crippen molar-refractivity contribution in [2.75, 3.05) is 19.6 Å². The summed E-state index contributed by atoms with van der Waals surface area (Å²) in [4.78, 5) is 11.1. The van der Waals surface area contributed by atoms with Crippen molar-refractivity contribution >= 4 is 80.0 Å². The van der Waals surface area contributed by atoms with E-state index in [1.807, 2.05) is 0 Å². The number of hydrogen-bond acceptors (Lipinski definition) is 4. The van der Waals surface area contributed by atoms with Crippen molar-refractivity contribution in [2.45, 2.75) is 186 Å². The quantitative estimate of drug-likeness (QED) is 0.159. The average molecular weight is 1080 g/mol. The summed E-state index contributed by atoms with van der Waals surface area (Å²) >= 11 is 0. The molecule has 4 heterocycles. The zero-order chi connectivity index (χ0) is 57.1. The standard InChI is InChI=1S/C77H85BN4/c1-71(2,3)52-32-36-55(37-33-52)79-67-48-56(81-64-30-20-18-28-59(64)74(10)42-22-15-23-44-76(74,81)12)38-40-62(67)78-61-39-34-54(73(7,8)9)47-66(61)80(63-41-35-53(72(4,5)6)46-58(63)51-26-16-14-17-27-51)69-50-57(49-68(79)70(69)78)82-65-31-21-19-29-60(65)75(11)43-24-25-45-77(75,82)13/h14,16-21,26-41,46-50H,15,22-25,42-45H2,1-13H3. The number of para-hydroxylation sites is 2. The molecular formula is C77H85BN4. The monoisotopic (exact) mass is 1080 g/mol. The van der Waals surface area contributed by atoms with Gasteiger partial charge in [0.05, 0.1) is 16.8 Å². The Morgan fingerprint density at radius 3 is 1.41 bits per heavy atom. The lowest BCUT2D eigenvalue weighted by Crippen LogP contribution is -2.61. The van der Waals surface area contributed by atoms with E-state index >= 15 is 0 Å². The second kappa shape index (κ2) is 18.3. The van der Waals surface area contributed by atoms with Gasteiger partial charge in [-0.25, -0.2) is 0 Å². The molecule has 0 amide bonds. The van der Waals surface area contributed by atoms with Gasteiger partial charge in [-0.05, 0) is 172 Å². The van der Waals surface area contributed by atoms with Gasteiger partial charge in [0.1, 0.15) is 0 Å². The zero-order valence-corrected chi connectivity index (χ0v) is 51.4. The summed E-state index contributed by atoms with van der Waals surface area (Å²) < 4.78 is 0. The molecule has 4 unspecified atom stereocenters. The fourth-order valence-electron chi connectivity index (χ4n) is 16.8. The van der Waals surface area contributed by atoms with Gasteiger partial charge in [0.2, 0.25) is 0 Å². The lowest BCUT2D eigenvalue weighted by Gasteiger charge is -2.51. The first-order valence-electron chi connectivity index (χ1n) is 31.2. The van der Waals surface area contributed by atoms with E-state index in [9.17, 15) is 0 Å². The average Bonchev–Trinajstić information content (AvgIpc) is 1.75. The van der Waals surface area contributed by atoms with Crippen LogP contribution < -0.4 is 36.0 Å². The Balaban J connectivity index is 1.11. The van der Waals surface area contributed by atoms with Gasteiger partial charge >= 0.3 is 0 Å². The normalized spacial score (nSPS) is 23.5. The Hall–Kier alpha value is -6.98. The van der Waals surface area contributed by atoms with E-state index in [4.69, 9.17) is 0 Å². The number of benzene rings is 8. The van der Waals surface area contributed by atoms with E-state index in [1.165, 1.54) is 157 Å². The lowest BCUT2D eigenvalue weighted by atomic mass is 9.33. The highest BCUT2D eigenvalue weighted by Crippen LogP contribution is 2.63. The Morgan fingerprint density at radius 2 is 0.805 bits per heavy atom. The van der Waals surface area contributed by atoms with Crippen LogP contribution in [0.1, 0.15) is 176 Å². The largest absolute Gasteiger partial charge is 0.334 e. The molecule has 2 fully saturated rings. The summed E-state index contributed by atoms with van der Waals surface area (Å²) in [6, 6.07) is 67.6. The van der Waals surface area contributed by atoms with Crippen LogP contribution in [-0.4, -0.2) is 17.8 Å².